The van der Waals surface area contributed by atoms with Gasteiger partial charge >= 0.3 is 6.18 Å². The number of aryl methyl sites for hydroxylation is 1. The van der Waals surface area contributed by atoms with E-state index in [9.17, 15) is 18.0 Å². The van der Waals surface area contributed by atoms with Crippen molar-refractivity contribution in [2.45, 2.75) is 44.9 Å². The van der Waals surface area contributed by atoms with Crippen LogP contribution in [0, 0.1) is 5.92 Å². The Bertz CT molecular complexity index is 952. The fourth-order valence-corrected chi connectivity index (χ4v) is 4.61. The van der Waals surface area contributed by atoms with Crippen LogP contribution in [0.1, 0.15) is 40.9 Å². The Balaban J connectivity index is 1.16. The first kappa shape index (κ1) is 18.4. The number of alkyl halides is 3. The van der Waals surface area contributed by atoms with E-state index in [1.54, 1.807) is 0 Å². The van der Waals surface area contributed by atoms with E-state index in [0.29, 0.717) is 38.3 Å². The van der Waals surface area contributed by atoms with Crippen LogP contribution in [0.2, 0.25) is 0 Å². The third kappa shape index (κ3) is 3.34. The van der Waals surface area contributed by atoms with E-state index < -0.39 is 11.9 Å². The molecular formula is C21H21F3N4O. The monoisotopic (exact) mass is 402 g/mol. The van der Waals surface area contributed by atoms with Gasteiger partial charge in [0.15, 0.2) is 0 Å². The van der Waals surface area contributed by atoms with Crippen LogP contribution in [0.4, 0.5) is 18.9 Å². The molecule has 1 aliphatic carbocycles. The fraction of sp³-hybridized carbons (Fsp3) is 0.476. The van der Waals surface area contributed by atoms with Gasteiger partial charge in [0.1, 0.15) is 5.69 Å². The molecule has 8 heteroatoms. The van der Waals surface area contributed by atoms with Gasteiger partial charge in [0, 0.05) is 50.4 Å². The van der Waals surface area contributed by atoms with Gasteiger partial charge in [0.2, 0.25) is 5.91 Å². The molecule has 0 unspecified atom stereocenters. The van der Waals surface area contributed by atoms with E-state index in [1.165, 1.54) is 34.6 Å². The van der Waals surface area contributed by atoms with E-state index >= 15 is 0 Å². The van der Waals surface area contributed by atoms with Crippen molar-refractivity contribution in [1.82, 2.24) is 14.9 Å². The van der Waals surface area contributed by atoms with Crippen LogP contribution in [-0.2, 0) is 36.9 Å². The Kier molecular flexibility index (Phi) is 4.26. The number of rotatable bonds is 3. The number of anilines is 1. The summed E-state index contributed by atoms with van der Waals surface area (Å²) in [5.74, 6) is 0.362. The van der Waals surface area contributed by atoms with Crippen molar-refractivity contribution in [2.24, 2.45) is 5.92 Å². The molecule has 5 nitrogen and oxygen atoms in total. The molecule has 4 heterocycles. The molecule has 1 amide bonds. The van der Waals surface area contributed by atoms with Crippen molar-refractivity contribution in [2.75, 3.05) is 18.0 Å². The van der Waals surface area contributed by atoms with Gasteiger partial charge in [0.25, 0.3) is 0 Å². The third-order valence-electron chi connectivity index (χ3n) is 6.20. The van der Waals surface area contributed by atoms with E-state index in [2.05, 4.69) is 9.97 Å². The minimum Gasteiger partial charge on any atom is -0.370 e. The zero-order valence-corrected chi connectivity index (χ0v) is 15.9. The van der Waals surface area contributed by atoms with E-state index in [-0.39, 0.29) is 11.8 Å². The number of pyridine rings is 2. The number of amides is 1. The largest absolute Gasteiger partial charge is 0.433 e. The molecule has 0 radical (unpaired) electrons. The summed E-state index contributed by atoms with van der Waals surface area (Å²) in [4.78, 5) is 24.7. The number of hydrogen-bond acceptors (Lipinski definition) is 4. The quantitative estimate of drug-likeness (QED) is 0.790. The molecule has 152 valence electrons. The van der Waals surface area contributed by atoms with Crippen molar-refractivity contribution in [1.29, 1.82) is 0 Å². The third-order valence-corrected chi connectivity index (χ3v) is 6.20. The molecule has 0 spiro atoms. The van der Waals surface area contributed by atoms with E-state index in [0.717, 1.165) is 25.3 Å². The topological polar surface area (TPSA) is 49.3 Å². The van der Waals surface area contributed by atoms with Crippen molar-refractivity contribution in [3.63, 3.8) is 0 Å². The lowest BCUT2D eigenvalue weighted by Crippen LogP contribution is -2.48. The van der Waals surface area contributed by atoms with Gasteiger partial charge in [0.05, 0.1) is 11.9 Å². The SMILES string of the molecule is O=C(CC1CN(c2ccc(C(F)(F)F)nc2)C1)N1Cc2cnc3c(c2C1)CCC3. The number of carbonyl (C=O) groups excluding carboxylic acids is 1. The Morgan fingerprint density at radius 1 is 1.07 bits per heavy atom. The lowest BCUT2D eigenvalue weighted by molar-refractivity contribution is -0.141. The number of aromatic nitrogens is 2. The molecule has 0 bridgehead atoms. The first-order valence-electron chi connectivity index (χ1n) is 9.93. The molecule has 3 aliphatic rings. The highest BCUT2D eigenvalue weighted by atomic mass is 19.4. The Hall–Kier alpha value is -2.64. The van der Waals surface area contributed by atoms with Crippen molar-refractivity contribution in [3.8, 4) is 0 Å². The zero-order valence-electron chi connectivity index (χ0n) is 15.9. The second kappa shape index (κ2) is 6.71. The molecule has 2 aromatic rings. The van der Waals surface area contributed by atoms with Gasteiger partial charge < -0.3 is 9.80 Å². The number of hydrogen-bond donors (Lipinski definition) is 0. The summed E-state index contributed by atoms with van der Waals surface area (Å²) in [5.41, 5.74) is 4.79. The van der Waals surface area contributed by atoms with Crippen LogP contribution in [-0.4, -0.2) is 33.9 Å². The minimum absolute atomic E-state index is 0.142. The maximum absolute atomic E-state index is 12.8. The number of fused-ring (bicyclic) bond motifs is 3. The summed E-state index contributed by atoms with van der Waals surface area (Å²) in [6, 6.07) is 2.44. The second-order valence-corrected chi connectivity index (χ2v) is 8.17. The maximum atomic E-state index is 12.8. The molecule has 1 fully saturated rings. The van der Waals surface area contributed by atoms with Crippen LogP contribution in [0.5, 0.6) is 0 Å². The highest BCUT2D eigenvalue weighted by Gasteiger charge is 2.35. The average molecular weight is 402 g/mol. The summed E-state index contributed by atoms with van der Waals surface area (Å²) in [7, 11) is 0. The lowest BCUT2D eigenvalue weighted by atomic mass is 9.95. The maximum Gasteiger partial charge on any atom is 0.433 e. The molecule has 0 N–H and O–H groups in total. The predicted octanol–water partition coefficient (Wildman–Crippen LogP) is 3.35. The molecule has 5 rings (SSSR count). The van der Waals surface area contributed by atoms with Crippen LogP contribution >= 0.6 is 0 Å². The minimum atomic E-state index is -4.43. The number of carbonyl (C=O) groups is 1. The highest BCUT2D eigenvalue weighted by Crippen LogP contribution is 2.34. The number of nitrogens with zero attached hydrogens (tertiary/aromatic N) is 4. The van der Waals surface area contributed by atoms with Crippen LogP contribution in [0.15, 0.2) is 24.5 Å². The molecule has 0 atom stereocenters. The normalized spacial score (nSPS) is 18.6. The average Bonchev–Trinajstić information content (AvgIpc) is 3.29. The van der Waals surface area contributed by atoms with Crippen LogP contribution in [0.3, 0.4) is 0 Å². The Morgan fingerprint density at radius 3 is 2.62 bits per heavy atom. The van der Waals surface area contributed by atoms with Gasteiger partial charge in [-0.05, 0) is 48.1 Å². The van der Waals surface area contributed by atoms with Gasteiger partial charge in [-0.3, -0.25) is 9.78 Å². The molecular weight excluding hydrogens is 381 g/mol. The summed E-state index contributed by atoms with van der Waals surface area (Å²) < 4.78 is 37.9. The second-order valence-electron chi connectivity index (χ2n) is 8.17. The molecule has 0 saturated carbocycles. The number of halogens is 3. The van der Waals surface area contributed by atoms with Gasteiger partial charge in [-0.2, -0.15) is 13.2 Å². The molecule has 2 aromatic heterocycles. The van der Waals surface area contributed by atoms with Crippen molar-refractivity contribution in [3.05, 3.63) is 52.6 Å². The van der Waals surface area contributed by atoms with E-state index in [1.807, 2.05) is 16.0 Å². The van der Waals surface area contributed by atoms with Crippen LogP contribution < -0.4 is 4.90 Å². The molecule has 29 heavy (non-hydrogen) atoms. The summed E-state index contributed by atoms with van der Waals surface area (Å²) in [6.07, 6.45) is 2.46. The fourth-order valence-electron chi connectivity index (χ4n) is 4.61. The Labute approximate surface area is 166 Å². The predicted molar refractivity (Wildman–Crippen MR) is 100 cm³/mol. The molecule has 2 aliphatic heterocycles. The van der Waals surface area contributed by atoms with Crippen LogP contribution in [0.25, 0.3) is 0 Å². The first-order valence-corrected chi connectivity index (χ1v) is 9.93. The lowest BCUT2D eigenvalue weighted by Gasteiger charge is -2.41. The summed E-state index contributed by atoms with van der Waals surface area (Å²) in [5, 5.41) is 0. The van der Waals surface area contributed by atoms with Crippen molar-refractivity contribution < 1.29 is 18.0 Å². The zero-order chi connectivity index (χ0) is 20.2. The first-order chi connectivity index (χ1) is 13.9. The standard InChI is InChI=1S/C21H21F3N4O/c22-21(23,24)19-5-4-15(8-26-19)27-9-13(10-27)6-20(29)28-11-14-7-25-18-3-1-2-16(18)17(14)12-28/h4-5,7-8,13H,1-3,6,9-12H2. The summed E-state index contributed by atoms with van der Waals surface area (Å²) >= 11 is 0. The molecule has 0 aromatic carbocycles. The molecule has 1 saturated heterocycles. The van der Waals surface area contributed by atoms with Crippen molar-refractivity contribution >= 4 is 11.6 Å². The highest BCUT2D eigenvalue weighted by molar-refractivity contribution is 5.78. The van der Waals surface area contributed by atoms with Gasteiger partial charge in [-0.25, -0.2) is 4.98 Å². The van der Waals surface area contributed by atoms with E-state index in [4.69, 9.17) is 0 Å². The van der Waals surface area contributed by atoms with Gasteiger partial charge in [-0.15, -0.1) is 0 Å². The van der Waals surface area contributed by atoms with Gasteiger partial charge in [-0.1, -0.05) is 0 Å². The smallest absolute Gasteiger partial charge is 0.370 e. The summed E-state index contributed by atoms with van der Waals surface area (Å²) in [6.45, 7) is 2.64. The Morgan fingerprint density at radius 2 is 1.90 bits per heavy atom.